The van der Waals surface area contributed by atoms with Gasteiger partial charge in [0.25, 0.3) is 5.91 Å². The largest absolute Gasteiger partial charge is 0.491 e. The van der Waals surface area contributed by atoms with Gasteiger partial charge in [-0.15, -0.1) is 0 Å². The number of rotatable bonds is 7. The van der Waals surface area contributed by atoms with Crippen molar-refractivity contribution in [1.82, 2.24) is 0 Å². The summed E-state index contributed by atoms with van der Waals surface area (Å²) in [5.74, 6) is 1.26. The number of carbonyl (C=O) groups excluding carboxylic acids is 1. The Labute approximate surface area is 154 Å². The van der Waals surface area contributed by atoms with Crippen molar-refractivity contribution in [3.8, 4) is 11.5 Å². The lowest BCUT2D eigenvalue weighted by molar-refractivity contribution is -0.122. The summed E-state index contributed by atoms with van der Waals surface area (Å²) < 4.78 is 17.0. The van der Waals surface area contributed by atoms with Gasteiger partial charge in [0.15, 0.2) is 6.10 Å². The zero-order chi connectivity index (χ0) is 18.4. The van der Waals surface area contributed by atoms with Crippen molar-refractivity contribution < 1.29 is 19.0 Å². The molecule has 3 rings (SSSR count). The van der Waals surface area contributed by atoms with Crippen LogP contribution in [0.4, 0.5) is 5.69 Å². The number of hydrogen-bond donors (Lipinski definition) is 1. The molecule has 0 unspecified atom stereocenters. The van der Waals surface area contributed by atoms with Gasteiger partial charge in [-0.3, -0.25) is 4.79 Å². The maximum atomic E-state index is 12.3. The van der Waals surface area contributed by atoms with Crippen LogP contribution in [0.2, 0.25) is 0 Å². The van der Waals surface area contributed by atoms with Crippen LogP contribution in [0.25, 0.3) is 0 Å². The van der Waals surface area contributed by atoms with Gasteiger partial charge in [0.05, 0.1) is 6.10 Å². The third-order valence-electron chi connectivity index (χ3n) is 4.25. The lowest BCUT2D eigenvalue weighted by Gasteiger charge is -2.15. The summed E-state index contributed by atoms with van der Waals surface area (Å²) in [7, 11) is 0. The molecular formula is C21H25NO4. The van der Waals surface area contributed by atoms with Crippen LogP contribution in [0, 0.1) is 6.92 Å². The highest BCUT2D eigenvalue weighted by atomic mass is 16.5. The maximum absolute atomic E-state index is 12.3. The van der Waals surface area contributed by atoms with E-state index in [2.05, 4.69) is 5.32 Å². The fourth-order valence-corrected chi connectivity index (χ4v) is 2.79. The van der Waals surface area contributed by atoms with Crippen LogP contribution in [0.15, 0.2) is 48.5 Å². The van der Waals surface area contributed by atoms with Crippen LogP contribution in [0.3, 0.4) is 0 Å². The van der Waals surface area contributed by atoms with Gasteiger partial charge in [-0.1, -0.05) is 12.1 Å². The molecular weight excluding hydrogens is 330 g/mol. The van der Waals surface area contributed by atoms with Crippen LogP contribution in [0.5, 0.6) is 11.5 Å². The first-order chi connectivity index (χ1) is 12.6. The predicted molar refractivity (Wildman–Crippen MR) is 101 cm³/mol. The predicted octanol–water partition coefficient (Wildman–Crippen LogP) is 3.96. The topological polar surface area (TPSA) is 56.8 Å². The van der Waals surface area contributed by atoms with Crippen LogP contribution < -0.4 is 14.8 Å². The third kappa shape index (κ3) is 5.23. The second-order valence-electron chi connectivity index (χ2n) is 6.54. The van der Waals surface area contributed by atoms with E-state index in [4.69, 9.17) is 14.2 Å². The SMILES string of the molecule is Cc1cccc(O[C@@H](C)C(=O)Nc2ccc(OC[C@H]3CCCO3)cc2)c1. The number of benzene rings is 2. The van der Waals surface area contributed by atoms with E-state index < -0.39 is 6.10 Å². The number of carbonyl (C=O) groups is 1. The zero-order valence-corrected chi connectivity index (χ0v) is 15.2. The highest BCUT2D eigenvalue weighted by molar-refractivity contribution is 5.94. The van der Waals surface area contributed by atoms with Crippen LogP contribution in [-0.4, -0.2) is 31.3 Å². The standard InChI is InChI=1S/C21H25NO4/c1-15-5-3-6-19(13-15)26-16(2)21(23)22-17-8-10-18(11-9-17)25-14-20-7-4-12-24-20/h3,5-6,8-11,13,16,20H,4,7,12,14H2,1-2H3,(H,22,23)/t16-,20+/m0/s1. The van der Waals surface area contributed by atoms with E-state index in [0.29, 0.717) is 18.0 Å². The molecule has 2 aromatic rings. The van der Waals surface area contributed by atoms with Gasteiger partial charge in [-0.05, 0) is 68.7 Å². The summed E-state index contributed by atoms with van der Waals surface area (Å²) in [5, 5.41) is 2.86. The van der Waals surface area contributed by atoms with E-state index in [1.807, 2.05) is 55.5 Å². The van der Waals surface area contributed by atoms with Gasteiger partial charge in [-0.2, -0.15) is 0 Å². The van der Waals surface area contributed by atoms with Gasteiger partial charge in [-0.25, -0.2) is 0 Å². The highest BCUT2D eigenvalue weighted by Crippen LogP contribution is 2.19. The molecule has 1 saturated heterocycles. The Hall–Kier alpha value is -2.53. The quantitative estimate of drug-likeness (QED) is 0.817. The molecule has 0 bridgehead atoms. The molecule has 2 aromatic carbocycles. The minimum atomic E-state index is -0.591. The molecule has 0 saturated carbocycles. The molecule has 2 atom stereocenters. The summed E-state index contributed by atoms with van der Waals surface area (Å²) in [6.07, 6.45) is 1.75. The molecule has 1 heterocycles. The second-order valence-corrected chi connectivity index (χ2v) is 6.54. The molecule has 1 N–H and O–H groups in total. The molecule has 0 radical (unpaired) electrons. The molecule has 1 amide bonds. The number of aryl methyl sites for hydroxylation is 1. The van der Waals surface area contributed by atoms with E-state index in [-0.39, 0.29) is 12.0 Å². The van der Waals surface area contributed by atoms with Crippen molar-refractivity contribution in [2.24, 2.45) is 0 Å². The Kier molecular flexibility index (Phi) is 6.12. The monoisotopic (exact) mass is 355 g/mol. The first-order valence-electron chi connectivity index (χ1n) is 8.99. The van der Waals surface area contributed by atoms with E-state index in [1.165, 1.54) is 0 Å². The molecule has 0 spiro atoms. The van der Waals surface area contributed by atoms with E-state index >= 15 is 0 Å². The van der Waals surface area contributed by atoms with Gasteiger partial charge >= 0.3 is 0 Å². The fraction of sp³-hybridized carbons (Fsp3) is 0.381. The average molecular weight is 355 g/mol. The van der Waals surface area contributed by atoms with Crippen molar-refractivity contribution in [2.45, 2.75) is 38.9 Å². The third-order valence-corrected chi connectivity index (χ3v) is 4.25. The molecule has 1 aliphatic heterocycles. The lowest BCUT2D eigenvalue weighted by atomic mass is 10.2. The van der Waals surface area contributed by atoms with E-state index in [9.17, 15) is 4.79 Å². The minimum Gasteiger partial charge on any atom is -0.491 e. The Balaban J connectivity index is 1.48. The molecule has 1 aliphatic rings. The number of hydrogen-bond acceptors (Lipinski definition) is 4. The Bertz CT molecular complexity index is 723. The molecule has 138 valence electrons. The molecule has 0 aromatic heterocycles. The summed E-state index contributed by atoms with van der Waals surface area (Å²) in [4.78, 5) is 12.3. The Morgan fingerprint density at radius 3 is 2.73 bits per heavy atom. The van der Waals surface area contributed by atoms with Crippen molar-refractivity contribution in [2.75, 3.05) is 18.5 Å². The molecule has 5 nitrogen and oxygen atoms in total. The zero-order valence-electron chi connectivity index (χ0n) is 15.2. The average Bonchev–Trinajstić information content (AvgIpc) is 3.14. The van der Waals surface area contributed by atoms with Crippen LogP contribution in [-0.2, 0) is 9.53 Å². The first-order valence-corrected chi connectivity index (χ1v) is 8.99. The van der Waals surface area contributed by atoms with Gasteiger partial charge in [0.1, 0.15) is 18.1 Å². The summed E-state index contributed by atoms with van der Waals surface area (Å²) in [5.41, 5.74) is 1.80. The number of amides is 1. The smallest absolute Gasteiger partial charge is 0.265 e. The summed E-state index contributed by atoms with van der Waals surface area (Å²) in [6.45, 7) is 5.10. The molecule has 5 heteroatoms. The molecule has 0 aliphatic carbocycles. The van der Waals surface area contributed by atoms with Gasteiger partial charge in [0, 0.05) is 12.3 Å². The van der Waals surface area contributed by atoms with Crippen molar-refractivity contribution >= 4 is 11.6 Å². The summed E-state index contributed by atoms with van der Waals surface area (Å²) in [6, 6.07) is 15.0. The number of ether oxygens (including phenoxy) is 3. The van der Waals surface area contributed by atoms with Crippen LogP contribution >= 0.6 is 0 Å². The fourth-order valence-electron chi connectivity index (χ4n) is 2.79. The minimum absolute atomic E-state index is 0.189. The van der Waals surface area contributed by atoms with Gasteiger partial charge in [0.2, 0.25) is 0 Å². The summed E-state index contributed by atoms with van der Waals surface area (Å²) >= 11 is 0. The number of anilines is 1. The number of nitrogens with one attached hydrogen (secondary N) is 1. The second kappa shape index (κ2) is 8.72. The van der Waals surface area contributed by atoms with E-state index in [0.717, 1.165) is 30.8 Å². The van der Waals surface area contributed by atoms with E-state index in [1.54, 1.807) is 6.92 Å². The molecule has 1 fully saturated rings. The lowest BCUT2D eigenvalue weighted by Crippen LogP contribution is -2.30. The van der Waals surface area contributed by atoms with Crippen molar-refractivity contribution in [3.05, 3.63) is 54.1 Å². The first kappa shape index (κ1) is 18.3. The van der Waals surface area contributed by atoms with Crippen LogP contribution in [0.1, 0.15) is 25.3 Å². The normalized spacial score (nSPS) is 17.5. The van der Waals surface area contributed by atoms with Gasteiger partial charge < -0.3 is 19.5 Å². The maximum Gasteiger partial charge on any atom is 0.265 e. The van der Waals surface area contributed by atoms with Crippen molar-refractivity contribution in [1.29, 1.82) is 0 Å². The van der Waals surface area contributed by atoms with Crippen molar-refractivity contribution in [3.63, 3.8) is 0 Å². The Morgan fingerprint density at radius 1 is 1.23 bits per heavy atom. The molecule has 26 heavy (non-hydrogen) atoms. The Morgan fingerprint density at radius 2 is 2.04 bits per heavy atom. The highest BCUT2D eigenvalue weighted by Gasteiger charge is 2.17.